The normalized spacial score (nSPS) is 15.4. The molecular weight excluding hydrogens is 200 g/mol. The Labute approximate surface area is 98.5 Å². The average Bonchev–Trinajstić information content (AvgIpc) is 2.72. The van der Waals surface area contributed by atoms with Gasteiger partial charge in [-0.15, -0.1) is 0 Å². The molecule has 4 heteroatoms. The van der Waals surface area contributed by atoms with Crippen LogP contribution in [0.3, 0.4) is 0 Å². The molecule has 1 rings (SSSR count). The van der Waals surface area contributed by atoms with Crippen LogP contribution in [-0.2, 0) is 6.42 Å². The zero-order chi connectivity index (χ0) is 12.1. The molecule has 2 atom stereocenters. The highest BCUT2D eigenvalue weighted by Crippen LogP contribution is 2.14. The van der Waals surface area contributed by atoms with Crippen molar-refractivity contribution in [3.05, 3.63) is 12.2 Å². The first kappa shape index (κ1) is 13.2. The van der Waals surface area contributed by atoms with Crippen molar-refractivity contribution in [2.24, 2.45) is 5.92 Å². The Bertz CT molecular complexity index is 306. The maximum absolute atomic E-state index is 4.35. The van der Waals surface area contributed by atoms with Crippen molar-refractivity contribution >= 4 is 0 Å². The van der Waals surface area contributed by atoms with E-state index in [0.29, 0.717) is 18.0 Å². The van der Waals surface area contributed by atoms with Crippen LogP contribution in [0.1, 0.15) is 46.0 Å². The van der Waals surface area contributed by atoms with Crippen LogP contribution < -0.4 is 5.32 Å². The lowest BCUT2D eigenvalue weighted by atomic mass is 9.96. The van der Waals surface area contributed by atoms with Crippen LogP contribution in [0.2, 0.25) is 0 Å². The lowest BCUT2D eigenvalue weighted by Crippen LogP contribution is -2.35. The minimum Gasteiger partial charge on any atom is -0.316 e. The van der Waals surface area contributed by atoms with Crippen LogP contribution >= 0.6 is 0 Å². The summed E-state index contributed by atoms with van der Waals surface area (Å²) in [6, 6.07) is 0.860. The van der Waals surface area contributed by atoms with Crippen LogP contribution in [-0.4, -0.2) is 27.9 Å². The molecule has 0 saturated heterocycles. The monoisotopic (exact) mass is 224 g/mol. The second-order valence-electron chi connectivity index (χ2n) is 4.70. The van der Waals surface area contributed by atoms with Gasteiger partial charge < -0.3 is 5.32 Å². The fourth-order valence-corrected chi connectivity index (χ4v) is 1.92. The topological polar surface area (TPSA) is 42.7 Å². The van der Waals surface area contributed by atoms with Crippen LogP contribution in [0.25, 0.3) is 0 Å². The second kappa shape index (κ2) is 5.99. The van der Waals surface area contributed by atoms with E-state index in [2.05, 4.69) is 43.1 Å². The minimum atomic E-state index is 0.381. The highest BCUT2D eigenvalue weighted by Gasteiger charge is 2.18. The molecule has 0 aromatic carbocycles. The SMILES string of the molecule is CCC(C)C(Cc1ncnn1C(C)C)NC. The molecule has 1 heterocycles. The third-order valence-corrected chi connectivity index (χ3v) is 3.24. The molecule has 4 nitrogen and oxygen atoms in total. The average molecular weight is 224 g/mol. The molecular formula is C12H24N4. The largest absolute Gasteiger partial charge is 0.316 e. The summed E-state index contributed by atoms with van der Waals surface area (Å²) in [5.41, 5.74) is 0. The van der Waals surface area contributed by atoms with E-state index in [1.54, 1.807) is 6.33 Å². The van der Waals surface area contributed by atoms with Crippen molar-refractivity contribution in [1.29, 1.82) is 0 Å². The van der Waals surface area contributed by atoms with E-state index < -0.39 is 0 Å². The summed E-state index contributed by atoms with van der Waals surface area (Å²) in [5.74, 6) is 1.73. The molecule has 1 N–H and O–H groups in total. The number of hydrogen-bond acceptors (Lipinski definition) is 3. The molecule has 92 valence electrons. The van der Waals surface area contributed by atoms with Gasteiger partial charge in [0.2, 0.25) is 0 Å². The lowest BCUT2D eigenvalue weighted by Gasteiger charge is -2.22. The van der Waals surface area contributed by atoms with Crippen molar-refractivity contribution in [3.63, 3.8) is 0 Å². The van der Waals surface area contributed by atoms with Gasteiger partial charge in [0.1, 0.15) is 12.2 Å². The highest BCUT2D eigenvalue weighted by molar-refractivity contribution is 4.92. The van der Waals surface area contributed by atoms with Gasteiger partial charge in [-0.25, -0.2) is 9.67 Å². The van der Waals surface area contributed by atoms with Crippen LogP contribution in [0.5, 0.6) is 0 Å². The smallest absolute Gasteiger partial charge is 0.138 e. The van der Waals surface area contributed by atoms with Crippen molar-refractivity contribution in [2.45, 2.75) is 52.6 Å². The Balaban J connectivity index is 2.74. The Kier molecular flexibility index (Phi) is 4.93. The molecule has 0 aliphatic rings. The molecule has 2 unspecified atom stereocenters. The van der Waals surface area contributed by atoms with Crippen molar-refractivity contribution in [3.8, 4) is 0 Å². The third-order valence-electron chi connectivity index (χ3n) is 3.24. The molecule has 0 bridgehead atoms. The number of nitrogens with zero attached hydrogens (tertiary/aromatic N) is 3. The highest BCUT2D eigenvalue weighted by atomic mass is 15.3. The standard InChI is InChI=1S/C12H24N4/c1-6-10(4)11(13-5)7-12-14-8-15-16(12)9(2)3/h8-11,13H,6-7H2,1-5H3. The first-order valence-electron chi connectivity index (χ1n) is 6.15. The molecule has 0 fully saturated rings. The fourth-order valence-electron chi connectivity index (χ4n) is 1.92. The maximum Gasteiger partial charge on any atom is 0.138 e. The summed E-state index contributed by atoms with van der Waals surface area (Å²) in [4.78, 5) is 4.35. The third kappa shape index (κ3) is 3.04. The zero-order valence-corrected chi connectivity index (χ0v) is 11.1. The Hall–Kier alpha value is -0.900. The molecule has 0 saturated carbocycles. The van der Waals surface area contributed by atoms with Gasteiger partial charge in [0.05, 0.1) is 0 Å². The van der Waals surface area contributed by atoms with Crippen molar-refractivity contribution in [1.82, 2.24) is 20.1 Å². The summed E-state index contributed by atoms with van der Waals surface area (Å²) >= 11 is 0. The van der Waals surface area contributed by atoms with Crippen LogP contribution in [0.4, 0.5) is 0 Å². The fraction of sp³-hybridized carbons (Fsp3) is 0.833. The van der Waals surface area contributed by atoms with Gasteiger partial charge in [0.25, 0.3) is 0 Å². The van der Waals surface area contributed by atoms with E-state index >= 15 is 0 Å². The molecule has 0 aliphatic heterocycles. The number of aromatic nitrogens is 3. The van der Waals surface area contributed by atoms with Gasteiger partial charge in [-0.05, 0) is 26.8 Å². The first-order chi connectivity index (χ1) is 7.60. The van der Waals surface area contributed by atoms with Crippen molar-refractivity contribution < 1.29 is 0 Å². The van der Waals surface area contributed by atoms with Crippen LogP contribution in [0, 0.1) is 5.92 Å². The zero-order valence-electron chi connectivity index (χ0n) is 11.1. The van der Waals surface area contributed by atoms with E-state index in [1.807, 2.05) is 11.7 Å². The van der Waals surface area contributed by atoms with Gasteiger partial charge in [0.15, 0.2) is 0 Å². The molecule has 0 spiro atoms. The first-order valence-corrected chi connectivity index (χ1v) is 6.15. The second-order valence-corrected chi connectivity index (χ2v) is 4.70. The number of nitrogens with one attached hydrogen (secondary N) is 1. The number of hydrogen-bond donors (Lipinski definition) is 1. The van der Waals surface area contributed by atoms with Gasteiger partial charge in [-0.2, -0.15) is 5.10 Å². The molecule has 16 heavy (non-hydrogen) atoms. The van der Waals surface area contributed by atoms with E-state index in [0.717, 1.165) is 12.2 Å². The predicted octanol–water partition coefficient (Wildman–Crippen LogP) is 2.04. The van der Waals surface area contributed by atoms with Gasteiger partial charge in [0, 0.05) is 18.5 Å². The summed E-state index contributed by atoms with van der Waals surface area (Å²) < 4.78 is 2.01. The molecule has 0 amide bonds. The Morgan fingerprint density at radius 3 is 2.56 bits per heavy atom. The Morgan fingerprint density at radius 1 is 1.38 bits per heavy atom. The summed E-state index contributed by atoms with van der Waals surface area (Å²) in [7, 11) is 2.02. The van der Waals surface area contributed by atoms with E-state index in [9.17, 15) is 0 Å². The van der Waals surface area contributed by atoms with E-state index in [1.165, 1.54) is 6.42 Å². The summed E-state index contributed by atoms with van der Waals surface area (Å²) in [6.45, 7) is 8.77. The molecule has 0 aliphatic carbocycles. The summed E-state index contributed by atoms with van der Waals surface area (Å²) in [6.07, 6.45) is 3.78. The quantitative estimate of drug-likeness (QED) is 0.804. The maximum atomic E-state index is 4.35. The number of likely N-dealkylation sites (N-methyl/N-ethyl adjacent to an activating group) is 1. The van der Waals surface area contributed by atoms with Gasteiger partial charge in [-0.3, -0.25) is 0 Å². The van der Waals surface area contributed by atoms with Crippen molar-refractivity contribution in [2.75, 3.05) is 7.05 Å². The molecule has 0 radical (unpaired) electrons. The molecule has 1 aromatic heterocycles. The van der Waals surface area contributed by atoms with Gasteiger partial charge >= 0.3 is 0 Å². The minimum absolute atomic E-state index is 0.381. The molecule has 1 aromatic rings. The predicted molar refractivity (Wildman–Crippen MR) is 66.4 cm³/mol. The van der Waals surface area contributed by atoms with E-state index in [-0.39, 0.29) is 0 Å². The lowest BCUT2D eigenvalue weighted by molar-refractivity contribution is 0.369. The Morgan fingerprint density at radius 2 is 2.06 bits per heavy atom. The summed E-state index contributed by atoms with van der Waals surface area (Å²) in [5, 5.41) is 7.64. The van der Waals surface area contributed by atoms with Crippen LogP contribution in [0.15, 0.2) is 6.33 Å². The van der Waals surface area contributed by atoms with E-state index in [4.69, 9.17) is 0 Å². The number of rotatable bonds is 6. The van der Waals surface area contributed by atoms with Gasteiger partial charge in [-0.1, -0.05) is 20.3 Å².